The summed E-state index contributed by atoms with van der Waals surface area (Å²) < 4.78 is 0. The topological polar surface area (TPSA) is 57.8 Å². The summed E-state index contributed by atoms with van der Waals surface area (Å²) in [5.74, 6) is 3.41. The fourth-order valence-electron chi connectivity index (χ4n) is 3.68. The van der Waals surface area contributed by atoms with Crippen molar-refractivity contribution in [3.05, 3.63) is 17.7 Å². The van der Waals surface area contributed by atoms with Gasteiger partial charge in [-0.1, -0.05) is 6.42 Å². The number of aryl methyl sites for hydroxylation is 1. The van der Waals surface area contributed by atoms with E-state index in [0.29, 0.717) is 18.9 Å². The molecule has 4 nitrogen and oxygen atoms in total. The Kier molecular flexibility index (Phi) is 3.10. The van der Waals surface area contributed by atoms with Gasteiger partial charge in [0, 0.05) is 18.3 Å². The minimum absolute atomic E-state index is 0.182. The van der Waals surface area contributed by atoms with E-state index >= 15 is 0 Å². The second kappa shape index (κ2) is 4.75. The van der Waals surface area contributed by atoms with Crippen LogP contribution in [0.15, 0.2) is 6.20 Å². The summed E-state index contributed by atoms with van der Waals surface area (Å²) >= 11 is 0. The number of nitrogens with one attached hydrogen (secondary N) is 2. The van der Waals surface area contributed by atoms with Crippen LogP contribution in [-0.2, 0) is 11.3 Å². The van der Waals surface area contributed by atoms with Gasteiger partial charge in [0.2, 0.25) is 5.91 Å². The summed E-state index contributed by atoms with van der Waals surface area (Å²) in [4.78, 5) is 19.2. The SMILES string of the molecule is Cc1cnc(CNC(=O)CC2CC3CCC2C3)[nH]1. The summed E-state index contributed by atoms with van der Waals surface area (Å²) in [7, 11) is 0. The van der Waals surface area contributed by atoms with Gasteiger partial charge in [0.05, 0.1) is 6.54 Å². The van der Waals surface area contributed by atoms with E-state index < -0.39 is 0 Å². The molecule has 3 unspecified atom stereocenters. The van der Waals surface area contributed by atoms with E-state index in [0.717, 1.165) is 23.4 Å². The number of hydrogen-bond donors (Lipinski definition) is 2. The molecule has 18 heavy (non-hydrogen) atoms. The molecule has 3 atom stereocenters. The summed E-state index contributed by atoms with van der Waals surface area (Å²) in [5.41, 5.74) is 1.03. The van der Waals surface area contributed by atoms with Crippen molar-refractivity contribution >= 4 is 5.91 Å². The number of hydrogen-bond acceptors (Lipinski definition) is 2. The number of H-pyrrole nitrogens is 1. The molecule has 2 saturated carbocycles. The lowest BCUT2D eigenvalue weighted by Gasteiger charge is -2.20. The number of imidazole rings is 1. The Morgan fingerprint density at radius 3 is 3.00 bits per heavy atom. The van der Waals surface area contributed by atoms with E-state index in [1.807, 2.05) is 6.92 Å². The van der Waals surface area contributed by atoms with Crippen LogP contribution in [0.4, 0.5) is 0 Å². The molecule has 4 heteroatoms. The molecule has 1 heterocycles. The predicted octanol–water partition coefficient (Wildman–Crippen LogP) is 2.16. The third kappa shape index (κ3) is 2.42. The van der Waals surface area contributed by atoms with Gasteiger partial charge in [0.15, 0.2) is 0 Å². The number of aromatic nitrogens is 2. The number of nitrogens with zero attached hydrogens (tertiary/aromatic N) is 1. The first-order valence-corrected chi connectivity index (χ1v) is 6.98. The lowest BCUT2D eigenvalue weighted by atomic mass is 9.86. The van der Waals surface area contributed by atoms with Crippen molar-refractivity contribution in [1.82, 2.24) is 15.3 Å². The van der Waals surface area contributed by atoms with Crippen LogP contribution in [0.5, 0.6) is 0 Å². The minimum Gasteiger partial charge on any atom is -0.349 e. The van der Waals surface area contributed by atoms with Crippen LogP contribution in [0.2, 0.25) is 0 Å². The maximum Gasteiger partial charge on any atom is 0.220 e. The zero-order chi connectivity index (χ0) is 12.5. The second-order valence-corrected chi connectivity index (χ2v) is 5.93. The molecule has 2 bridgehead atoms. The van der Waals surface area contributed by atoms with Crippen molar-refractivity contribution in [2.24, 2.45) is 17.8 Å². The van der Waals surface area contributed by atoms with Crippen LogP contribution in [0.3, 0.4) is 0 Å². The summed E-state index contributed by atoms with van der Waals surface area (Å²) in [5, 5.41) is 2.97. The van der Waals surface area contributed by atoms with Crippen molar-refractivity contribution in [2.45, 2.75) is 45.6 Å². The van der Waals surface area contributed by atoms with E-state index in [2.05, 4.69) is 15.3 Å². The summed E-state index contributed by atoms with van der Waals surface area (Å²) in [6.45, 7) is 2.49. The van der Waals surface area contributed by atoms with E-state index in [1.165, 1.54) is 25.7 Å². The van der Waals surface area contributed by atoms with Gasteiger partial charge in [-0.15, -0.1) is 0 Å². The van der Waals surface area contributed by atoms with Crippen molar-refractivity contribution in [2.75, 3.05) is 0 Å². The van der Waals surface area contributed by atoms with Crippen molar-refractivity contribution < 1.29 is 4.79 Å². The molecule has 1 aromatic heterocycles. The molecule has 98 valence electrons. The lowest BCUT2D eigenvalue weighted by Crippen LogP contribution is -2.27. The van der Waals surface area contributed by atoms with Gasteiger partial charge in [0.1, 0.15) is 5.82 Å². The zero-order valence-electron chi connectivity index (χ0n) is 10.9. The first-order chi connectivity index (χ1) is 8.70. The van der Waals surface area contributed by atoms with Gasteiger partial charge >= 0.3 is 0 Å². The van der Waals surface area contributed by atoms with Gasteiger partial charge in [0.25, 0.3) is 0 Å². The Labute approximate surface area is 108 Å². The monoisotopic (exact) mass is 247 g/mol. The molecule has 2 aliphatic rings. The molecular weight excluding hydrogens is 226 g/mol. The Bertz CT molecular complexity index is 440. The molecule has 0 spiro atoms. The molecule has 1 amide bonds. The molecule has 0 saturated heterocycles. The molecular formula is C14H21N3O. The first-order valence-electron chi connectivity index (χ1n) is 6.98. The number of amides is 1. The lowest BCUT2D eigenvalue weighted by molar-refractivity contribution is -0.122. The van der Waals surface area contributed by atoms with E-state index in [4.69, 9.17) is 0 Å². The minimum atomic E-state index is 0.182. The Balaban J connectivity index is 1.45. The molecule has 0 radical (unpaired) electrons. The Hall–Kier alpha value is -1.32. The van der Waals surface area contributed by atoms with E-state index in [1.54, 1.807) is 6.20 Å². The number of carbonyl (C=O) groups is 1. The quantitative estimate of drug-likeness (QED) is 0.856. The third-order valence-corrected chi connectivity index (χ3v) is 4.54. The molecule has 1 aromatic rings. The standard InChI is InChI=1S/C14H21N3O/c1-9-7-15-13(17-9)8-16-14(18)6-12-5-10-2-3-11(12)4-10/h7,10-12H,2-6,8H2,1H3,(H,15,17)(H,16,18). The van der Waals surface area contributed by atoms with Gasteiger partial charge in [-0.05, 0) is 43.9 Å². The normalized spacial score (nSPS) is 29.7. The van der Waals surface area contributed by atoms with Crippen LogP contribution in [-0.4, -0.2) is 15.9 Å². The smallest absolute Gasteiger partial charge is 0.220 e. The van der Waals surface area contributed by atoms with Crippen LogP contribution in [0, 0.1) is 24.7 Å². The number of carbonyl (C=O) groups excluding carboxylic acids is 1. The number of aromatic amines is 1. The van der Waals surface area contributed by atoms with Gasteiger partial charge < -0.3 is 10.3 Å². The summed E-state index contributed by atoms with van der Waals surface area (Å²) in [6.07, 6.45) is 7.89. The molecule has 2 N–H and O–H groups in total. The third-order valence-electron chi connectivity index (χ3n) is 4.54. The first kappa shape index (κ1) is 11.8. The van der Waals surface area contributed by atoms with Gasteiger partial charge in [-0.2, -0.15) is 0 Å². The average molecular weight is 247 g/mol. The molecule has 0 aromatic carbocycles. The van der Waals surface area contributed by atoms with Crippen LogP contribution in [0.25, 0.3) is 0 Å². The van der Waals surface area contributed by atoms with E-state index in [-0.39, 0.29) is 5.91 Å². The highest BCUT2D eigenvalue weighted by Gasteiger charge is 2.39. The largest absolute Gasteiger partial charge is 0.349 e. The average Bonchev–Trinajstić information content (AvgIpc) is 3.03. The molecule has 0 aliphatic heterocycles. The zero-order valence-corrected chi connectivity index (χ0v) is 10.9. The fraction of sp³-hybridized carbons (Fsp3) is 0.714. The van der Waals surface area contributed by atoms with Crippen LogP contribution >= 0.6 is 0 Å². The molecule has 3 rings (SSSR count). The highest BCUT2D eigenvalue weighted by molar-refractivity contribution is 5.76. The predicted molar refractivity (Wildman–Crippen MR) is 68.7 cm³/mol. The maximum atomic E-state index is 11.9. The Morgan fingerprint density at radius 2 is 2.39 bits per heavy atom. The number of fused-ring (bicyclic) bond motifs is 2. The van der Waals surface area contributed by atoms with Crippen molar-refractivity contribution in [3.8, 4) is 0 Å². The van der Waals surface area contributed by atoms with Crippen LogP contribution < -0.4 is 5.32 Å². The molecule has 2 fully saturated rings. The van der Waals surface area contributed by atoms with Gasteiger partial charge in [-0.25, -0.2) is 4.98 Å². The van der Waals surface area contributed by atoms with Gasteiger partial charge in [-0.3, -0.25) is 4.79 Å². The highest BCUT2D eigenvalue weighted by Crippen LogP contribution is 2.49. The Morgan fingerprint density at radius 1 is 1.50 bits per heavy atom. The molecule has 2 aliphatic carbocycles. The fourth-order valence-corrected chi connectivity index (χ4v) is 3.68. The van der Waals surface area contributed by atoms with Crippen molar-refractivity contribution in [1.29, 1.82) is 0 Å². The number of rotatable bonds is 4. The highest BCUT2D eigenvalue weighted by atomic mass is 16.1. The maximum absolute atomic E-state index is 11.9. The van der Waals surface area contributed by atoms with Crippen molar-refractivity contribution in [3.63, 3.8) is 0 Å². The second-order valence-electron chi connectivity index (χ2n) is 5.93. The van der Waals surface area contributed by atoms with E-state index in [9.17, 15) is 4.79 Å². The summed E-state index contributed by atoms with van der Waals surface area (Å²) in [6, 6.07) is 0. The van der Waals surface area contributed by atoms with Crippen LogP contribution in [0.1, 0.15) is 43.6 Å².